The minimum atomic E-state index is 1.000. The summed E-state index contributed by atoms with van der Waals surface area (Å²) in [5.74, 6) is 3.72. The van der Waals surface area contributed by atoms with Crippen molar-refractivity contribution in [2.24, 2.45) is 11.8 Å². The molecule has 1 rings (SSSR count). The Balaban J connectivity index is 2.18. The molecule has 2 unspecified atom stereocenters. The highest BCUT2D eigenvalue weighted by Crippen LogP contribution is 2.45. The van der Waals surface area contributed by atoms with Gasteiger partial charge in [-0.2, -0.15) is 0 Å². The molecule has 0 amide bonds. The van der Waals surface area contributed by atoms with E-state index in [2.05, 4.69) is 20.8 Å². The normalized spacial score (nSPS) is 34.9. The first-order valence-corrected chi connectivity index (χ1v) is 3.58. The minimum absolute atomic E-state index is 1.000. The summed E-state index contributed by atoms with van der Waals surface area (Å²) in [6.45, 7) is 6.87. The predicted molar refractivity (Wildman–Crippen MR) is 36.5 cm³/mol. The Labute approximate surface area is 52.3 Å². The predicted octanol–water partition coefficient (Wildman–Crippen LogP) is 2.65. The summed E-state index contributed by atoms with van der Waals surface area (Å²) in [4.78, 5) is 0. The number of rotatable bonds is 2. The van der Waals surface area contributed by atoms with E-state index in [1.54, 1.807) is 5.92 Å². The van der Waals surface area contributed by atoms with E-state index >= 15 is 0 Å². The van der Waals surface area contributed by atoms with Crippen molar-refractivity contribution in [1.82, 2.24) is 0 Å². The van der Waals surface area contributed by atoms with Crippen LogP contribution in [0.3, 0.4) is 0 Å². The molecule has 0 spiro atoms. The highest BCUT2D eigenvalue weighted by Gasteiger charge is 2.44. The van der Waals surface area contributed by atoms with Crippen LogP contribution in [0, 0.1) is 17.8 Å². The summed E-state index contributed by atoms with van der Waals surface area (Å²) in [5.41, 5.74) is 0. The summed E-state index contributed by atoms with van der Waals surface area (Å²) in [5, 5.41) is 0. The van der Waals surface area contributed by atoms with E-state index < -0.39 is 0 Å². The molecule has 1 aliphatic carbocycles. The van der Waals surface area contributed by atoms with Gasteiger partial charge in [-0.25, -0.2) is 0 Å². The average molecular weight is 111 g/mol. The molecule has 0 saturated heterocycles. The molecule has 0 heterocycles. The van der Waals surface area contributed by atoms with Gasteiger partial charge in [0.05, 0.1) is 19.3 Å². The van der Waals surface area contributed by atoms with Gasteiger partial charge < -0.3 is 0 Å². The van der Waals surface area contributed by atoms with Gasteiger partial charge in [-0.1, -0.05) is 6.92 Å². The molecule has 0 aliphatic heterocycles. The Morgan fingerprint density at radius 1 is 1.62 bits per heavy atom. The lowest BCUT2D eigenvalue weighted by molar-refractivity contribution is 0.707. The van der Waals surface area contributed by atoms with Crippen molar-refractivity contribution in [3.05, 3.63) is 5.92 Å². The van der Waals surface area contributed by atoms with Gasteiger partial charge >= 0.3 is 0 Å². The molecule has 8 heavy (non-hydrogen) atoms. The third-order valence-corrected chi connectivity index (χ3v) is 2.30. The standard InChI is InChI=1S/C8H15/c1-4-6(2)8-5-7(8)3/h7-8H,4-5H2,1-3H3/q+1. The molecule has 0 aromatic rings. The van der Waals surface area contributed by atoms with Crippen LogP contribution in [0.5, 0.6) is 0 Å². The van der Waals surface area contributed by atoms with Crippen molar-refractivity contribution < 1.29 is 0 Å². The maximum absolute atomic E-state index is 2.34. The largest absolute Gasteiger partial charge is 0.103 e. The molecule has 1 aliphatic rings. The molecule has 1 saturated carbocycles. The van der Waals surface area contributed by atoms with Crippen molar-refractivity contribution in [1.29, 1.82) is 0 Å². The fourth-order valence-corrected chi connectivity index (χ4v) is 1.27. The zero-order valence-corrected chi connectivity index (χ0v) is 6.07. The highest BCUT2D eigenvalue weighted by atomic mass is 14.4. The third-order valence-electron chi connectivity index (χ3n) is 2.30. The van der Waals surface area contributed by atoms with E-state index in [0.29, 0.717) is 0 Å². The second kappa shape index (κ2) is 2.00. The second-order valence-electron chi connectivity index (χ2n) is 3.02. The van der Waals surface area contributed by atoms with Gasteiger partial charge in [0.1, 0.15) is 5.92 Å². The van der Waals surface area contributed by atoms with Gasteiger partial charge in [0.25, 0.3) is 0 Å². The summed E-state index contributed by atoms with van der Waals surface area (Å²) < 4.78 is 0. The maximum atomic E-state index is 2.34. The Morgan fingerprint density at radius 3 is 2.25 bits per heavy atom. The molecular formula is C8H15+. The summed E-state index contributed by atoms with van der Waals surface area (Å²) in [6, 6.07) is 0. The van der Waals surface area contributed by atoms with Gasteiger partial charge in [-0.05, 0) is 13.3 Å². The van der Waals surface area contributed by atoms with Crippen LogP contribution in [0.15, 0.2) is 0 Å². The molecule has 0 nitrogen and oxygen atoms in total. The van der Waals surface area contributed by atoms with Crippen LogP contribution >= 0.6 is 0 Å². The Morgan fingerprint density at radius 2 is 2.12 bits per heavy atom. The van der Waals surface area contributed by atoms with Gasteiger partial charge in [0, 0.05) is 5.92 Å². The Hall–Kier alpha value is -0.130. The SMILES string of the molecule is CC[C+](C)C1CC1C. The van der Waals surface area contributed by atoms with E-state index in [0.717, 1.165) is 11.8 Å². The van der Waals surface area contributed by atoms with E-state index in [4.69, 9.17) is 0 Å². The second-order valence-corrected chi connectivity index (χ2v) is 3.02. The lowest BCUT2D eigenvalue weighted by Gasteiger charge is -1.91. The van der Waals surface area contributed by atoms with Crippen LogP contribution in [-0.4, -0.2) is 0 Å². The zero-order valence-electron chi connectivity index (χ0n) is 6.07. The Kier molecular flexibility index (Phi) is 1.50. The third kappa shape index (κ3) is 0.988. The first-order chi connectivity index (χ1) is 3.75. The molecule has 0 bridgehead atoms. The van der Waals surface area contributed by atoms with Crippen LogP contribution in [0.1, 0.15) is 33.6 Å². The van der Waals surface area contributed by atoms with Gasteiger partial charge in [-0.15, -0.1) is 0 Å². The van der Waals surface area contributed by atoms with Crippen molar-refractivity contribution in [2.75, 3.05) is 0 Å². The first-order valence-electron chi connectivity index (χ1n) is 3.58. The lowest BCUT2D eigenvalue weighted by atomic mass is 10.0. The van der Waals surface area contributed by atoms with Crippen molar-refractivity contribution in [2.45, 2.75) is 33.6 Å². The first kappa shape index (κ1) is 6.00. The van der Waals surface area contributed by atoms with Crippen LogP contribution in [0.25, 0.3) is 0 Å². The van der Waals surface area contributed by atoms with Crippen molar-refractivity contribution in [3.8, 4) is 0 Å². The fraction of sp³-hybridized carbons (Fsp3) is 0.875. The van der Waals surface area contributed by atoms with Crippen molar-refractivity contribution in [3.63, 3.8) is 0 Å². The fourth-order valence-electron chi connectivity index (χ4n) is 1.27. The van der Waals surface area contributed by atoms with E-state index in [1.165, 1.54) is 12.8 Å². The smallest absolute Gasteiger partial charge is 0.0580 e. The summed E-state index contributed by atoms with van der Waals surface area (Å²) in [6.07, 6.45) is 2.74. The number of hydrogen-bond donors (Lipinski definition) is 0. The molecule has 1 fully saturated rings. The van der Waals surface area contributed by atoms with Gasteiger partial charge in [-0.3, -0.25) is 0 Å². The van der Waals surface area contributed by atoms with Crippen LogP contribution in [-0.2, 0) is 0 Å². The zero-order chi connectivity index (χ0) is 6.15. The molecule has 0 aromatic carbocycles. The van der Waals surface area contributed by atoms with Gasteiger partial charge in [0.15, 0.2) is 0 Å². The molecule has 46 valence electrons. The minimum Gasteiger partial charge on any atom is -0.0580 e. The van der Waals surface area contributed by atoms with Crippen LogP contribution < -0.4 is 0 Å². The molecule has 2 atom stereocenters. The monoisotopic (exact) mass is 111 g/mol. The summed E-state index contributed by atoms with van der Waals surface area (Å²) >= 11 is 0. The molecule has 0 heteroatoms. The Bertz CT molecular complexity index is 74.1. The van der Waals surface area contributed by atoms with Crippen LogP contribution in [0.4, 0.5) is 0 Å². The highest BCUT2D eigenvalue weighted by molar-refractivity contribution is 5.02. The van der Waals surface area contributed by atoms with Crippen LogP contribution in [0.2, 0.25) is 0 Å². The number of hydrogen-bond acceptors (Lipinski definition) is 0. The lowest BCUT2D eigenvalue weighted by Crippen LogP contribution is -1.91. The summed E-state index contributed by atoms with van der Waals surface area (Å²) in [7, 11) is 0. The van der Waals surface area contributed by atoms with E-state index in [9.17, 15) is 0 Å². The molecular weight excluding hydrogens is 96.1 g/mol. The molecule has 0 N–H and O–H groups in total. The van der Waals surface area contributed by atoms with Crippen molar-refractivity contribution >= 4 is 0 Å². The van der Waals surface area contributed by atoms with E-state index in [1.807, 2.05) is 0 Å². The molecule has 0 aromatic heterocycles. The maximum Gasteiger partial charge on any atom is 0.103 e. The van der Waals surface area contributed by atoms with E-state index in [-0.39, 0.29) is 0 Å². The average Bonchev–Trinajstić information content (AvgIpc) is 2.45. The quantitative estimate of drug-likeness (QED) is 0.480. The molecule has 0 radical (unpaired) electrons. The van der Waals surface area contributed by atoms with Gasteiger partial charge in [0.2, 0.25) is 0 Å². The topological polar surface area (TPSA) is 0 Å².